The van der Waals surface area contributed by atoms with E-state index in [1.165, 1.54) is 13.8 Å². The maximum atomic E-state index is 11.2. The van der Waals surface area contributed by atoms with Crippen LogP contribution in [-0.2, 0) is 28.4 Å². The van der Waals surface area contributed by atoms with Gasteiger partial charge >= 0.3 is 18.5 Å². The van der Waals surface area contributed by atoms with E-state index in [0.29, 0.717) is 0 Å². The van der Waals surface area contributed by atoms with Crippen molar-refractivity contribution in [1.82, 2.24) is 0 Å². The van der Waals surface area contributed by atoms with Crippen molar-refractivity contribution in [3.05, 3.63) is 0 Å². The first-order valence-corrected chi connectivity index (χ1v) is 5.67. The number of hydrogen-bond donors (Lipinski definition) is 0. The normalized spacial score (nSPS) is 12.6. The lowest BCUT2D eigenvalue weighted by atomic mass is 10.4. The summed E-state index contributed by atoms with van der Waals surface area (Å²) >= 11 is 0. The zero-order chi connectivity index (χ0) is 15.5. The Labute approximate surface area is 116 Å². The summed E-state index contributed by atoms with van der Waals surface area (Å²) in [5.74, 6) is 0. The van der Waals surface area contributed by atoms with E-state index in [4.69, 9.17) is 4.74 Å². The molecule has 0 bridgehead atoms. The van der Waals surface area contributed by atoms with Crippen LogP contribution in [0.1, 0.15) is 13.8 Å². The van der Waals surface area contributed by atoms with Crippen molar-refractivity contribution in [2.24, 2.45) is 0 Å². The summed E-state index contributed by atoms with van der Waals surface area (Å²) in [4.78, 5) is 32.7. The van der Waals surface area contributed by atoms with E-state index in [-0.39, 0.29) is 13.2 Å². The zero-order valence-electron chi connectivity index (χ0n) is 11.7. The average molecular weight is 294 g/mol. The molecule has 0 N–H and O–H groups in total. The highest BCUT2D eigenvalue weighted by atomic mass is 16.8. The molecule has 0 heterocycles. The van der Waals surface area contributed by atoms with Gasteiger partial charge in [0.15, 0.2) is 0 Å². The molecule has 0 aliphatic rings. The second kappa shape index (κ2) is 9.70. The molecular formula is C11H18O9. The Morgan fingerprint density at radius 2 is 1.15 bits per heavy atom. The molecule has 0 aromatic rings. The zero-order valence-corrected chi connectivity index (χ0v) is 11.7. The number of ether oxygens (including phenoxy) is 6. The SMILES string of the molecule is COC(=O)OCC(C)OC(=O)OCC(C)OC(=O)OC. The van der Waals surface area contributed by atoms with Gasteiger partial charge in [0.05, 0.1) is 14.2 Å². The molecule has 0 aliphatic carbocycles. The molecule has 0 radical (unpaired) electrons. The number of rotatable bonds is 6. The molecule has 2 atom stereocenters. The molecule has 0 saturated carbocycles. The van der Waals surface area contributed by atoms with Gasteiger partial charge in [-0.2, -0.15) is 0 Å². The molecule has 116 valence electrons. The molecule has 20 heavy (non-hydrogen) atoms. The largest absolute Gasteiger partial charge is 0.508 e. The lowest BCUT2D eigenvalue weighted by Gasteiger charge is -2.15. The van der Waals surface area contributed by atoms with Gasteiger partial charge in [-0.15, -0.1) is 0 Å². The molecule has 0 spiro atoms. The van der Waals surface area contributed by atoms with E-state index < -0.39 is 30.7 Å². The molecule has 9 heteroatoms. The fourth-order valence-corrected chi connectivity index (χ4v) is 0.908. The summed E-state index contributed by atoms with van der Waals surface area (Å²) in [5.41, 5.74) is 0. The summed E-state index contributed by atoms with van der Waals surface area (Å²) in [6.45, 7) is 2.64. The molecule has 0 rings (SSSR count). The topological polar surface area (TPSA) is 107 Å². The van der Waals surface area contributed by atoms with E-state index in [9.17, 15) is 14.4 Å². The van der Waals surface area contributed by atoms with Gasteiger partial charge in [-0.1, -0.05) is 0 Å². The van der Waals surface area contributed by atoms with Crippen molar-refractivity contribution in [2.75, 3.05) is 27.4 Å². The van der Waals surface area contributed by atoms with E-state index in [2.05, 4.69) is 23.7 Å². The summed E-state index contributed by atoms with van der Waals surface area (Å²) in [5, 5.41) is 0. The highest BCUT2D eigenvalue weighted by Gasteiger charge is 2.16. The van der Waals surface area contributed by atoms with Crippen LogP contribution in [0, 0.1) is 0 Å². The minimum absolute atomic E-state index is 0.171. The van der Waals surface area contributed by atoms with Gasteiger partial charge in [-0.25, -0.2) is 14.4 Å². The maximum absolute atomic E-state index is 11.2. The third-order valence-electron chi connectivity index (χ3n) is 1.80. The quantitative estimate of drug-likeness (QED) is 0.531. The predicted molar refractivity (Wildman–Crippen MR) is 63.2 cm³/mol. The molecule has 0 saturated heterocycles. The fourth-order valence-electron chi connectivity index (χ4n) is 0.908. The maximum Gasteiger partial charge on any atom is 0.508 e. The van der Waals surface area contributed by atoms with Gasteiger partial charge in [0.25, 0.3) is 0 Å². The van der Waals surface area contributed by atoms with Crippen LogP contribution in [0.5, 0.6) is 0 Å². The van der Waals surface area contributed by atoms with Crippen molar-refractivity contribution in [2.45, 2.75) is 26.1 Å². The van der Waals surface area contributed by atoms with Crippen molar-refractivity contribution in [3.63, 3.8) is 0 Å². The summed E-state index contributed by atoms with van der Waals surface area (Å²) < 4.78 is 27.2. The molecule has 0 aromatic carbocycles. The molecule has 2 unspecified atom stereocenters. The Bertz CT molecular complexity index is 328. The van der Waals surface area contributed by atoms with Crippen LogP contribution in [0.2, 0.25) is 0 Å². The molecule has 0 aromatic heterocycles. The van der Waals surface area contributed by atoms with Gasteiger partial charge in [0.1, 0.15) is 25.4 Å². The van der Waals surface area contributed by atoms with E-state index in [1.54, 1.807) is 0 Å². The summed E-state index contributed by atoms with van der Waals surface area (Å²) in [6, 6.07) is 0. The van der Waals surface area contributed by atoms with Gasteiger partial charge < -0.3 is 28.4 Å². The first kappa shape index (κ1) is 17.8. The lowest BCUT2D eigenvalue weighted by Crippen LogP contribution is -2.26. The summed E-state index contributed by atoms with van der Waals surface area (Å²) in [6.07, 6.45) is -4.13. The second-order valence-electron chi connectivity index (χ2n) is 3.64. The number of methoxy groups -OCH3 is 2. The van der Waals surface area contributed by atoms with E-state index in [1.807, 2.05) is 0 Å². The minimum atomic E-state index is -0.980. The van der Waals surface area contributed by atoms with E-state index in [0.717, 1.165) is 14.2 Å². The molecular weight excluding hydrogens is 276 g/mol. The number of hydrogen-bond acceptors (Lipinski definition) is 9. The lowest BCUT2D eigenvalue weighted by molar-refractivity contribution is -0.0275. The monoisotopic (exact) mass is 294 g/mol. The molecule has 0 fully saturated rings. The van der Waals surface area contributed by atoms with Gasteiger partial charge in [0, 0.05) is 0 Å². The van der Waals surface area contributed by atoms with Crippen LogP contribution < -0.4 is 0 Å². The highest BCUT2D eigenvalue weighted by Crippen LogP contribution is 2.00. The minimum Gasteiger partial charge on any atom is -0.438 e. The predicted octanol–water partition coefficient (Wildman–Crippen LogP) is 1.48. The van der Waals surface area contributed by atoms with Crippen LogP contribution in [-0.4, -0.2) is 58.1 Å². The van der Waals surface area contributed by atoms with Crippen molar-refractivity contribution in [3.8, 4) is 0 Å². The van der Waals surface area contributed by atoms with E-state index >= 15 is 0 Å². The third-order valence-corrected chi connectivity index (χ3v) is 1.80. The van der Waals surface area contributed by atoms with Crippen molar-refractivity contribution >= 4 is 18.5 Å². The van der Waals surface area contributed by atoms with Crippen LogP contribution in [0.3, 0.4) is 0 Å². The Hall–Kier alpha value is -2.19. The van der Waals surface area contributed by atoms with Gasteiger partial charge in [-0.05, 0) is 13.8 Å². The standard InChI is InChI=1S/C11H18O9/c1-7(19-10(13)16-4)6-18-11(14)20-8(2)5-17-9(12)15-3/h7-8H,5-6H2,1-4H3. The third kappa shape index (κ3) is 8.84. The van der Waals surface area contributed by atoms with Gasteiger partial charge in [0.2, 0.25) is 0 Å². The Balaban J connectivity index is 3.81. The average Bonchev–Trinajstić information content (AvgIpc) is 2.42. The van der Waals surface area contributed by atoms with Crippen LogP contribution in [0.15, 0.2) is 0 Å². The van der Waals surface area contributed by atoms with Crippen molar-refractivity contribution in [1.29, 1.82) is 0 Å². The number of carbonyl (C=O) groups is 3. The molecule has 0 aliphatic heterocycles. The Morgan fingerprint density at radius 3 is 1.60 bits per heavy atom. The first-order valence-electron chi connectivity index (χ1n) is 5.67. The van der Waals surface area contributed by atoms with Crippen molar-refractivity contribution < 1.29 is 42.8 Å². The Kier molecular flexibility index (Phi) is 8.64. The second-order valence-corrected chi connectivity index (χ2v) is 3.64. The highest BCUT2D eigenvalue weighted by molar-refractivity contribution is 5.61. The number of carbonyl (C=O) groups excluding carboxylic acids is 3. The molecule has 9 nitrogen and oxygen atoms in total. The Morgan fingerprint density at radius 1 is 0.750 bits per heavy atom. The van der Waals surface area contributed by atoms with Crippen LogP contribution in [0.4, 0.5) is 14.4 Å². The molecule has 0 amide bonds. The summed E-state index contributed by atoms with van der Waals surface area (Å²) in [7, 11) is 2.32. The first-order chi connectivity index (χ1) is 9.38. The van der Waals surface area contributed by atoms with Gasteiger partial charge in [-0.3, -0.25) is 0 Å². The smallest absolute Gasteiger partial charge is 0.438 e. The van der Waals surface area contributed by atoms with Crippen LogP contribution >= 0.6 is 0 Å². The van der Waals surface area contributed by atoms with Crippen LogP contribution in [0.25, 0.3) is 0 Å². The fraction of sp³-hybridized carbons (Fsp3) is 0.727.